The number of hydrogen-bond acceptors (Lipinski definition) is 4. The van der Waals surface area contributed by atoms with Crippen LogP contribution in [0.15, 0.2) is 93.9 Å². The van der Waals surface area contributed by atoms with Gasteiger partial charge in [-0.25, -0.2) is 18.1 Å². The zero-order chi connectivity index (χ0) is 22.7. The number of nitrogens with one attached hydrogen (secondary N) is 1. The second-order valence-corrected chi connectivity index (χ2v) is 9.75. The van der Waals surface area contributed by atoms with E-state index in [4.69, 9.17) is 28.3 Å². The zero-order valence-corrected chi connectivity index (χ0v) is 19.5. The molecule has 0 saturated carbocycles. The maximum atomic E-state index is 12.9. The van der Waals surface area contributed by atoms with E-state index in [1.54, 1.807) is 17.1 Å². The third-order valence-electron chi connectivity index (χ3n) is 5.07. The van der Waals surface area contributed by atoms with Gasteiger partial charge in [0.15, 0.2) is 11.6 Å². The summed E-state index contributed by atoms with van der Waals surface area (Å²) in [4.78, 5) is 4.28. The lowest BCUT2D eigenvalue weighted by Crippen LogP contribution is -2.41. The highest BCUT2D eigenvalue weighted by Crippen LogP contribution is 2.29. The van der Waals surface area contributed by atoms with Gasteiger partial charge in [-0.05, 0) is 35.4 Å². The number of benzene rings is 3. The van der Waals surface area contributed by atoms with E-state index in [1.165, 1.54) is 19.2 Å². The predicted octanol–water partition coefficient (Wildman–Crippen LogP) is 3.80. The smallest absolute Gasteiger partial charge is 0.254 e. The summed E-state index contributed by atoms with van der Waals surface area (Å²) in [5, 5.41) is 7.52. The minimum absolute atomic E-state index is 0.0712. The van der Waals surface area contributed by atoms with Crippen molar-refractivity contribution in [2.75, 3.05) is 13.6 Å². The first kappa shape index (κ1) is 22.3. The van der Waals surface area contributed by atoms with Crippen LogP contribution in [0.3, 0.4) is 0 Å². The Hall–Kier alpha value is -2.87. The molecule has 1 N–H and O–H groups in total. The van der Waals surface area contributed by atoms with Gasteiger partial charge in [0.05, 0.1) is 17.2 Å². The van der Waals surface area contributed by atoms with Crippen LogP contribution in [0.1, 0.15) is 17.0 Å². The molecule has 0 radical (unpaired) electrons. The van der Waals surface area contributed by atoms with E-state index >= 15 is 0 Å². The molecule has 0 amide bonds. The average Bonchev–Trinajstić information content (AvgIpc) is 3.24. The molecule has 0 aliphatic carbocycles. The standard InChI is InChI=1S/C23H21Cl2N4O2S/c1-26-23(28-32(30,31)20-13-11-19(25)12-14-20)29-15-21(16-5-3-2-4-6-16)22(27-29)17-7-9-18(24)10-8-17/h2-14,21,25H,15H2,1H3,(H,26,28)/q+1/t21-/m1/s1. The van der Waals surface area contributed by atoms with Crippen LogP contribution in [0.5, 0.6) is 0 Å². The van der Waals surface area contributed by atoms with E-state index in [-0.39, 0.29) is 16.8 Å². The predicted molar refractivity (Wildman–Crippen MR) is 125 cm³/mol. The number of hydrogen-bond donors (Lipinski definition) is 1. The van der Waals surface area contributed by atoms with Crippen LogP contribution < -0.4 is 4.72 Å². The van der Waals surface area contributed by atoms with Gasteiger partial charge in [-0.1, -0.05) is 54.1 Å². The Kier molecular flexibility index (Phi) is 6.50. The summed E-state index contributed by atoms with van der Waals surface area (Å²) in [6.07, 6.45) is 0. The molecule has 3 aromatic carbocycles. The van der Waals surface area contributed by atoms with Crippen molar-refractivity contribution in [2.45, 2.75) is 10.8 Å². The molecule has 6 nitrogen and oxygen atoms in total. The van der Waals surface area contributed by atoms with Gasteiger partial charge in [-0.3, -0.25) is 4.99 Å². The fourth-order valence-electron chi connectivity index (χ4n) is 3.47. The number of halogens is 2. The van der Waals surface area contributed by atoms with Crippen LogP contribution in [0, 0.1) is 11.6 Å². The first-order valence-corrected chi connectivity index (χ1v) is 12.1. The SMILES string of the molecule is CN=C(NS(=O)(=O)c1ccc([ClH+])cc1)N1C[C@H](c2ccccc2)C(c2ccc(Cl)cc2)=N1. The molecule has 0 bridgehead atoms. The molecule has 4 rings (SSSR count). The van der Waals surface area contributed by atoms with Crippen LogP contribution in [0.25, 0.3) is 0 Å². The number of aliphatic imine (C=N–C) groups is 1. The molecule has 0 saturated heterocycles. The van der Waals surface area contributed by atoms with Gasteiger partial charge >= 0.3 is 0 Å². The molecule has 9 heteroatoms. The first-order valence-electron chi connectivity index (χ1n) is 9.81. The van der Waals surface area contributed by atoms with Crippen molar-refractivity contribution in [3.8, 4) is 0 Å². The maximum absolute atomic E-state index is 12.9. The van der Waals surface area contributed by atoms with Crippen LogP contribution in [-0.2, 0) is 10.0 Å². The van der Waals surface area contributed by atoms with Gasteiger partial charge < -0.3 is 0 Å². The first-order chi connectivity index (χ1) is 15.4. The molecule has 0 aromatic heterocycles. The van der Waals surface area contributed by atoms with E-state index < -0.39 is 10.0 Å². The van der Waals surface area contributed by atoms with E-state index in [2.05, 4.69) is 9.71 Å². The summed E-state index contributed by atoms with van der Waals surface area (Å²) in [5.41, 5.74) is 2.79. The molecule has 164 valence electrons. The van der Waals surface area contributed by atoms with Gasteiger partial charge in [-0.15, -0.1) is 0 Å². The molecule has 0 spiro atoms. The summed E-state index contributed by atoms with van der Waals surface area (Å²) in [6.45, 7) is 0.433. The van der Waals surface area contributed by atoms with Crippen LogP contribution in [0.4, 0.5) is 0 Å². The van der Waals surface area contributed by atoms with Crippen LogP contribution in [0.2, 0.25) is 10.0 Å². The van der Waals surface area contributed by atoms with E-state index in [9.17, 15) is 8.42 Å². The van der Waals surface area contributed by atoms with E-state index in [0.29, 0.717) is 16.6 Å². The number of hydrazone groups is 1. The topological polar surface area (TPSA) is 74.1 Å². The number of nitrogens with zero attached hydrogens (tertiary/aromatic N) is 3. The maximum Gasteiger partial charge on any atom is 0.264 e. The molecule has 32 heavy (non-hydrogen) atoms. The molecular formula is C23H21Cl2N4O2S+. The monoisotopic (exact) mass is 487 g/mol. The summed E-state index contributed by atoms with van der Waals surface area (Å²) in [7, 11) is -2.33. The van der Waals surface area contributed by atoms with Crippen molar-refractivity contribution >= 4 is 33.3 Å². The Morgan fingerprint density at radius 2 is 1.72 bits per heavy atom. The van der Waals surface area contributed by atoms with Crippen molar-refractivity contribution in [3.05, 3.63) is 100 Å². The van der Waals surface area contributed by atoms with Gasteiger partial charge in [0.1, 0.15) is 0 Å². The Morgan fingerprint density at radius 1 is 1.06 bits per heavy atom. The van der Waals surface area contributed by atoms with Crippen molar-refractivity contribution in [1.29, 1.82) is 0 Å². The highest BCUT2D eigenvalue weighted by molar-refractivity contribution is 7.90. The van der Waals surface area contributed by atoms with Crippen molar-refractivity contribution in [3.63, 3.8) is 0 Å². The second kappa shape index (κ2) is 9.32. The fraction of sp³-hybridized carbons (Fsp3) is 0.130. The van der Waals surface area contributed by atoms with Gasteiger partial charge in [0.2, 0.25) is 11.0 Å². The normalized spacial score (nSPS) is 16.7. The van der Waals surface area contributed by atoms with E-state index in [0.717, 1.165) is 16.8 Å². The lowest BCUT2D eigenvalue weighted by atomic mass is 9.91. The third kappa shape index (κ3) is 4.80. The van der Waals surface area contributed by atoms with Gasteiger partial charge in [-0.2, -0.15) is 5.10 Å². The van der Waals surface area contributed by atoms with Crippen molar-refractivity contribution in [2.24, 2.45) is 10.1 Å². The second-order valence-electron chi connectivity index (χ2n) is 7.16. The number of rotatable bonds is 4. The van der Waals surface area contributed by atoms with Crippen molar-refractivity contribution < 1.29 is 20.0 Å². The fourth-order valence-corrected chi connectivity index (χ4v) is 4.78. The number of guanidine groups is 1. The molecule has 0 unspecified atom stereocenters. The lowest BCUT2D eigenvalue weighted by Gasteiger charge is -2.19. The summed E-state index contributed by atoms with van der Waals surface area (Å²) in [6, 6.07) is 23.5. The molecule has 0 fully saturated rings. The lowest BCUT2D eigenvalue weighted by molar-refractivity contribution is -0.288. The molecule has 1 heterocycles. The minimum atomic E-state index is -3.85. The Morgan fingerprint density at radius 3 is 2.34 bits per heavy atom. The summed E-state index contributed by atoms with van der Waals surface area (Å²) >= 11 is 11.1. The third-order valence-corrected chi connectivity index (χ3v) is 6.94. The number of sulfonamides is 1. The van der Waals surface area contributed by atoms with Crippen LogP contribution >= 0.6 is 11.6 Å². The largest absolute Gasteiger partial charge is 0.264 e. The Balaban J connectivity index is 1.67. The minimum Gasteiger partial charge on any atom is -0.254 e. The van der Waals surface area contributed by atoms with Gasteiger partial charge in [0, 0.05) is 30.1 Å². The molecular weight excluding hydrogens is 467 g/mol. The van der Waals surface area contributed by atoms with Gasteiger partial charge in [0.25, 0.3) is 10.0 Å². The van der Waals surface area contributed by atoms with Crippen LogP contribution in [-0.4, -0.2) is 38.7 Å². The highest BCUT2D eigenvalue weighted by Gasteiger charge is 2.32. The highest BCUT2D eigenvalue weighted by atomic mass is 35.5. The quantitative estimate of drug-likeness (QED) is 0.449. The molecule has 1 aliphatic heterocycles. The summed E-state index contributed by atoms with van der Waals surface area (Å²) < 4.78 is 28.3. The summed E-state index contributed by atoms with van der Waals surface area (Å²) in [5.74, 6) is 0.0653. The van der Waals surface area contributed by atoms with Crippen molar-refractivity contribution in [1.82, 2.24) is 9.73 Å². The zero-order valence-electron chi connectivity index (χ0n) is 17.1. The Labute approximate surface area is 197 Å². The molecule has 1 atom stereocenters. The molecule has 3 aromatic rings. The Bertz CT molecular complexity index is 1260. The van der Waals surface area contributed by atoms with E-state index in [1.807, 2.05) is 54.6 Å². The molecule has 1 aliphatic rings. The average molecular weight is 488 g/mol.